The molecule has 1 unspecified atom stereocenters. The quantitative estimate of drug-likeness (QED) is 0.904. The average molecular weight is 350 g/mol. The third-order valence-electron chi connectivity index (χ3n) is 2.89. The SMILES string of the molecule is O=C(Nc1nnc(C(F)(F)F)s1)C1Cc2cc(Cl)ccc2O1. The first-order valence-corrected chi connectivity index (χ1v) is 7.19. The van der Waals surface area contributed by atoms with Crippen LogP contribution in [0.25, 0.3) is 0 Å². The highest BCUT2D eigenvalue weighted by Crippen LogP contribution is 2.34. The monoisotopic (exact) mass is 349 g/mol. The predicted octanol–water partition coefficient (Wildman–Crippen LogP) is 3.15. The Bertz CT molecular complexity index is 735. The van der Waals surface area contributed by atoms with Crippen LogP contribution in [-0.4, -0.2) is 22.2 Å². The topological polar surface area (TPSA) is 64.1 Å². The highest BCUT2D eigenvalue weighted by atomic mass is 35.5. The van der Waals surface area contributed by atoms with Crippen LogP contribution in [0, 0.1) is 0 Å². The lowest BCUT2D eigenvalue weighted by Gasteiger charge is -2.08. The van der Waals surface area contributed by atoms with Crippen molar-refractivity contribution < 1.29 is 22.7 Å². The Kier molecular flexibility index (Phi) is 3.69. The van der Waals surface area contributed by atoms with E-state index in [0.717, 1.165) is 5.56 Å². The Hall–Kier alpha value is -1.87. The van der Waals surface area contributed by atoms with Gasteiger partial charge in [0.1, 0.15) is 5.75 Å². The van der Waals surface area contributed by atoms with Gasteiger partial charge in [0.25, 0.3) is 5.91 Å². The van der Waals surface area contributed by atoms with E-state index >= 15 is 0 Å². The number of anilines is 1. The minimum atomic E-state index is -4.59. The van der Waals surface area contributed by atoms with Crippen LogP contribution in [0.2, 0.25) is 5.02 Å². The molecule has 116 valence electrons. The maximum absolute atomic E-state index is 12.4. The third kappa shape index (κ3) is 3.00. The summed E-state index contributed by atoms with van der Waals surface area (Å²) in [6, 6.07) is 4.94. The Labute approximate surface area is 131 Å². The number of amides is 1. The lowest BCUT2D eigenvalue weighted by Crippen LogP contribution is -2.31. The van der Waals surface area contributed by atoms with Crippen molar-refractivity contribution in [1.82, 2.24) is 10.2 Å². The molecule has 2 aromatic rings. The maximum Gasteiger partial charge on any atom is 0.445 e. The number of nitrogens with one attached hydrogen (secondary N) is 1. The second kappa shape index (κ2) is 5.40. The van der Waals surface area contributed by atoms with Crippen molar-refractivity contribution in [2.45, 2.75) is 18.7 Å². The Morgan fingerprint density at radius 1 is 1.41 bits per heavy atom. The summed E-state index contributed by atoms with van der Waals surface area (Å²) in [5.74, 6) is -0.0602. The molecule has 0 bridgehead atoms. The van der Waals surface area contributed by atoms with Gasteiger partial charge in [-0.05, 0) is 23.8 Å². The van der Waals surface area contributed by atoms with Crippen molar-refractivity contribution in [3.05, 3.63) is 33.8 Å². The van der Waals surface area contributed by atoms with Gasteiger partial charge in [0.05, 0.1) is 0 Å². The number of halogens is 4. The molecular formula is C12H7ClF3N3O2S. The Morgan fingerprint density at radius 3 is 2.86 bits per heavy atom. The minimum absolute atomic E-state index is 0.227. The molecule has 10 heteroatoms. The van der Waals surface area contributed by atoms with Crippen LogP contribution in [0.1, 0.15) is 10.6 Å². The zero-order valence-corrected chi connectivity index (χ0v) is 12.2. The van der Waals surface area contributed by atoms with E-state index in [-0.39, 0.29) is 22.9 Å². The number of carbonyl (C=O) groups is 1. The molecule has 1 aromatic carbocycles. The summed E-state index contributed by atoms with van der Waals surface area (Å²) in [6.07, 6.45) is -5.14. The largest absolute Gasteiger partial charge is 0.480 e. The molecule has 1 aliphatic heterocycles. The molecule has 0 radical (unpaired) electrons. The fourth-order valence-electron chi connectivity index (χ4n) is 1.94. The number of hydrogen-bond donors (Lipinski definition) is 1. The first-order chi connectivity index (χ1) is 10.3. The predicted molar refractivity (Wildman–Crippen MR) is 73.1 cm³/mol. The lowest BCUT2D eigenvalue weighted by molar-refractivity contribution is -0.138. The zero-order valence-electron chi connectivity index (χ0n) is 10.6. The molecular weight excluding hydrogens is 343 g/mol. The second-order valence-electron chi connectivity index (χ2n) is 4.46. The molecule has 0 aliphatic carbocycles. The highest BCUT2D eigenvalue weighted by Gasteiger charge is 2.36. The number of fused-ring (bicyclic) bond motifs is 1. The molecule has 2 heterocycles. The molecule has 0 fully saturated rings. The Balaban J connectivity index is 1.68. The molecule has 0 spiro atoms. The number of aromatic nitrogens is 2. The standard InChI is InChI=1S/C12H7ClF3N3O2S/c13-6-1-2-7-5(3-6)4-8(21-7)9(20)17-11-19-18-10(22-11)12(14,15)16/h1-3,8H,4H2,(H,17,19,20). The van der Waals surface area contributed by atoms with Gasteiger partial charge in [0.15, 0.2) is 6.10 Å². The zero-order chi connectivity index (χ0) is 15.9. The van der Waals surface area contributed by atoms with Crippen LogP contribution >= 0.6 is 22.9 Å². The molecule has 5 nitrogen and oxygen atoms in total. The molecule has 1 N–H and O–H groups in total. The number of ether oxygens (including phenoxy) is 1. The van der Waals surface area contributed by atoms with Crippen LogP contribution in [0.15, 0.2) is 18.2 Å². The molecule has 0 saturated carbocycles. The van der Waals surface area contributed by atoms with Gasteiger partial charge in [-0.15, -0.1) is 10.2 Å². The van der Waals surface area contributed by atoms with Crippen LogP contribution in [-0.2, 0) is 17.4 Å². The smallest absolute Gasteiger partial charge is 0.445 e. The van der Waals surface area contributed by atoms with Crippen molar-refractivity contribution in [3.8, 4) is 5.75 Å². The number of rotatable bonds is 2. The summed E-state index contributed by atoms with van der Waals surface area (Å²) in [5.41, 5.74) is 0.765. The summed E-state index contributed by atoms with van der Waals surface area (Å²) in [4.78, 5) is 12.0. The molecule has 1 aromatic heterocycles. The van der Waals surface area contributed by atoms with E-state index < -0.39 is 23.2 Å². The van der Waals surface area contributed by atoms with Gasteiger partial charge in [-0.25, -0.2) is 0 Å². The fourth-order valence-corrected chi connectivity index (χ4v) is 2.75. The summed E-state index contributed by atoms with van der Waals surface area (Å²) in [6.45, 7) is 0. The van der Waals surface area contributed by atoms with Crippen molar-refractivity contribution in [2.24, 2.45) is 0 Å². The number of hydrogen-bond acceptors (Lipinski definition) is 5. The first-order valence-electron chi connectivity index (χ1n) is 5.99. The number of benzene rings is 1. The second-order valence-corrected chi connectivity index (χ2v) is 5.88. The summed E-state index contributed by atoms with van der Waals surface area (Å²) in [7, 11) is 0. The van der Waals surface area contributed by atoms with Crippen LogP contribution in [0.3, 0.4) is 0 Å². The van der Waals surface area contributed by atoms with E-state index in [9.17, 15) is 18.0 Å². The average Bonchev–Trinajstić information content (AvgIpc) is 3.03. The van der Waals surface area contributed by atoms with Gasteiger partial charge < -0.3 is 4.74 Å². The fraction of sp³-hybridized carbons (Fsp3) is 0.250. The number of alkyl halides is 3. The van der Waals surface area contributed by atoms with Gasteiger partial charge >= 0.3 is 6.18 Å². The van der Waals surface area contributed by atoms with E-state index in [1.165, 1.54) is 0 Å². The lowest BCUT2D eigenvalue weighted by atomic mass is 10.1. The normalized spacial score (nSPS) is 17.0. The van der Waals surface area contributed by atoms with Gasteiger partial charge in [0.2, 0.25) is 10.1 Å². The van der Waals surface area contributed by atoms with Crippen molar-refractivity contribution in [2.75, 3.05) is 5.32 Å². The number of carbonyl (C=O) groups excluding carboxylic acids is 1. The molecule has 1 amide bonds. The number of nitrogens with zero attached hydrogens (tertiary/aromatic N) is 2. The Morgan fingerprint density at radius 2 is 2.18 bits per heavy atom. The van der Waals surface area contributed by atoms with E-state index in [1.807, 2.05) is 0 Å². The van der Waals surface area contributed by atoms with Crippen LogP contribution < -0.4 is 10.1 Å². The first kappa shape index (κ1) is 15.0. The van der Waals surface area contributed by atoms with Gasteiger partial charge in [0, 0.05) is 11.4 Å². The van der Waals surface area contributed by atoms with E-state index in [1.54, 1.807) is 18.2 Å². The minimum Gasteiger partial charge on any atom is -0.480 e. The van der Waals surface area contributed by atoms with Crippen molar-refractivity contribution in [3.63, 3.8) is 0 Å². The van der Waals surface area contributed by atoms with Gasteiger partial charge in [-0.2, -0.15) is 13.2 Å². The summed E-state index contributed by atoms with van der Waals surface area (Å²) < 4.78 is 42.7. The van der Waals surface area contributed by atoms with Crippen LogP contribution in [0.5, 0.6) is 5.75 Å². The van der Waals surface area contributed by atoms with E-state index in [4.69, 9.17) is 16.3 Å². The molecule has 22 heavy (non-hydrogen) atoms. The van der Waals surface area contributed by atoms with Crippen molar-refractivity contribution >= 4 is 34.0 Å². The van der Waals surface area contributed by atoms with Crippen molar-refractivity contribution in [1.29, 1.82) is 0 Å². The van der Waals surface area contributed by atoms with Gasteiger partial charge in [-0.1, -0.05) is 22.9 Å². The molecule has 3 rings (SSSR count). The molecule has 1 atom stereocenters. The molecule has 1 aliphatic rings. The van der Waals surface area contributed by atoms with Crippen LogP contribution in [0.4, 0.5) is 18.3 Å². The maximum atomic E-state index is 12.4. The van der Waals surface area contributed by atoms with E-state index in [2.05, 4.69) is 15.5 Å². The summed E-state index contributed by atoms with van der Waals surface area (Å²) >= 11 is 6.10. The van der Waals surface area contributed by atoms with Gasteiger partial charge in [-0.3, -0.25) is 10.1 Å². The van der Waals surface area contributed by atoms with E-state index in [0.29, 0.717) is 10.8 Å². The third-order valence-corrected chi connectivity index (χ3v) is 4.01. The highest BCUT2D eigenvalue weighted by molar-refractivity contribution is 7.15. The summed E-state index contributed by atoms with van der Waals surface area (Å²) in [5, 5.41) is 7.73. The molecule has 0 saturated heterocycles.